The number of carbonyl (C=O) groups is 1. The van der Waals surface area contributed by atoms with Crippen molar-refractivity contribution >= 4 is 17.2 Å². The fraction of sp³-hybridized carbons (Fsp3) is 0.692. The highest BCUT2D eigenvalue weighted by molar-refractivity contribution is 7.09. The molecule has 1 aromatic rings. The third-order valence-corrected chi connectivity index (χ3v) is 4.80. The van der Waals surface area contributed by atoms with Crippen molar-refractivity contribution in [1.82, 2.24) is 9.88 Å². The quantitative estimate of drug-likeness (QED) is 0.766. The Labute approximate surface area is 106 Å². The largest absolute Gasteiger partial charge is 0.342 e. The van der Waals surface area contributed by atoms with E-state index in [-0.39, 0.29) is 5.92 Å². The molecule has 1 fully saturated rings. The molecule has 0 saturated carbocycles. The van der Waals surface area contributed by atoms with Crippen LogP contribution in [0.15, 0.2) is 5.51 Å². The summed E-state index contributed by atoms with van der Waals surface area (Å²) in [6.07, 6.45) is 6.56. The number of aryl methyl sites for hydroxylation is 1. The van der Waals surface area contributed by atoms with Gasteiger partial charge in [0.15, 0.2) is 0 Å². The maximum atomic E-state index is 12.4. The zero-order chi connectivity index (χ0) is 11.7. The van der Waals surface area contributed by atoms with E-state index in [9.17, 15) is 4.79 Å². The maximum absolute atomic E-state index is 12.4. The number of likely N-dealkylation sites (tertiary alicyclic amines) is 1. The van der Waals surface area contributed by atoms with E-state index >= 15 is 0 Å². The number of hydrogen-bond acceptors (Lipinski definition) is 3. The van der Waals surface area contributed by atoms with Crippen molar-refractivity contribution in [3.63, 3.8) is 0 Å². The summed E-state index contributed by atoms with van der Waals surface area (Å²) >= 11 is 1.71. The maximum Gasteiger partial charge on any atom is 0.226 e. The molecule has 1 amide bonds. The van der Waals surface area contributed by atoms with Crippen LogP contribution < -0.4 is 0 Å². The van der Waals surface area contributed by atoms with E-state index in [2.05, 4.69) is 9.88 Å². The Morgan fingerprint density at radius 2 is 2.18 bits per heavy atom. The molecule has 0 aromatic carbocycles. The summed E-state index contributed by atoms with van der Waals surface area (Å²) in [5.41, 5.74) is 3.15. The van der Waals surface area contributed by atoms with Crippen LogP contribution >= 0.6 is 11.3 Å². The Morgan fingerprint density at radius 1 is 1.35 bits per heavy atom. The number of rotatable bonds is 1. The predicted octanol–water partition coefficient (Wildman–Crippen LogP) is 2.26. The van der Waals surface area contributed by atoms with Crippen molar-refractivity contribution < 1.29 is 4.79 Å². The normalized spacial score (nSPS) is 24.5. The first-order valence-corrected chi connectivity index (χ1v) is 7.42. The lowest BCUT2D eigenvalue weighted by atomic mass is 9.89. The molecule has 1 unspecified atom stereocenters. The number of amides is 1. The van der Waals surface area contributed by atoms with Gasteiger partial charge in [-0.15, -0.1) is 11.3 Å². The highest BCUT2D eigenvalue weighted by Crippen LogP contribution is 2.29. The van der Waals surface area contributed by atoms with Gasteiger partial charge in [-0.1, -0.05) is 0 Å². The molecule has 2 heterocycles. The number of aromatic nitrogens is 1. The molecule has 3 rings (SSSR count). The van der Waals surface area contributed by atoms with Crippen LogP contribution in [0.4, 0.5) is 0 Å². The number of nitrogens with zero attached hydrogens (tertiary/aromatic N) is 2. The van der Waals surface area contributed by atoms with Gasteiger partial charge in [0, 0.05) is 23.9 Å². The van der Waals surface area contributed by atoms with E-state index in [1.165, 1.54) is 29.8 Å². The Kier molecular flexibility index (Phi) is 3.14. The van der Waals surface area contributed by atoms with Gasteiger partial charge in [0.1, 0.15) is 0 Å². The molecule has 1 atom stereocenters. The van der Waals surface area contributed by atoms with Crippen molar-refractivity contribution in [2.45, 2.75) is 38.5 Å². The molecule has 4 heteroatoms. The van der Waals surface area contributed by atoms with Gasteiger partial charge in [-0.05, 0) is 38.5 Å². The smallest absolute Gasteiger partial charge is 0.226 e. The molecule has 1 aliphatic carbocycles. The molecule has 1 aliphatic heterocycles. The van der Waals surface area contributed by atoms with Crippen molar-refractivity contribution in [2.24, 2.45) is 5.92 Å². The molecule has 0 spiro atoms. The molecule has 3 nitrogen and oxygen atoms in total. The van der Waals surface area contributed by atoms with Gasteiger partial charge < -0.3 is 4.90 Å². The molecule has 17 heavy (non-hydrogen) atoms. The first-order chi connectivity index (χ1) is 8.34. The van der Waals surface area contributed by atoms with Crippen molar-refractivity contribution in [3.8, 4) is 0 Å². The van der Waals surface area contributed by atoms with Gasteiger partial charge in [-0.3, -0.25) is 4.79 Å². The molecular weight excluding hydrogens is 232 g/mol. The van der Waals surface area contributed by atoms with Crippen molar-refractivity contribution in [2.75, 3.05) is 13.1 Å². The summed E-state index contributed by atoms with van der Waals surface area (Å²) in [5, 5.41) is 0. The van der Waals surface area contributed by atoms with Crippen LogP contribution in [0.3, 0.4) is 0 Å². The Balaban J connectivity index is 1.67. The Bertz CT molecular complexity index is 409. The monoisotopic (exact) mass is 250 g/mol. The van der Waals surface area contributed by atoms with E-state index in [4.69, 9.17) is 0 Å². The Morgan fingerprint density at radius 3 is 3.00 bits per heavy atom. The number of fused-ring (bicyclic) bond motifs is 1. The minimum atomic E-state index is 0.223. The van der Waals surface area contributed by atoms with Crippen LogP contribution in [0.5, 0.6) is 0 Å². The molecule has 0 N–H and O–H groups in total. The first-order valence-electron chi connectivity index (χ1n) is 6.54. The van der Waals surface area contributed by atoms with Gasteiger partial charge in [-0.25, -0.2) is 4.98 Å². The van der Waals surface area contributed by atoms with Gasteiger partial charge in [0.2, 0.25) is 5.91 Å². The molecule has 1 saturated heterocycles. The first kappa shape index (κ1) is 11.2. The highest BCUT2D eigenvalue weighted by atomic mass is 32.1. The van der Waals surface area contributed by atoms with E-state index in [0.29, 0.717) is 5.91 Å². The van der Waals surface area contributed by atoms with Gasteiger partial charge in [0.05, 0.1) is 11.2 Å². The molecule has 1 aromatic heterocycles. The minimum Gasteiger partial charge on any atom is -0.342 e. The number of piperidine rings is 1. The fourth-order valence-corrected chi connectivity index (χ4v) is 3.78. The van der Waals surface area contributed by atoms with Crippen LogP contribution in [-0.4, -0.2) is 28.9 Å². The summed E-state index contributed by atoms with van der Waals surface area (Å²) in [6.45, 7) is 1.95. The number of thiazole rings is 1. The zero-order valence-electron chi connectivity index (χ0n) is 10.0. The molecule has 0 radical (unpaired) electrons. The summed E-state index contributed by atoms with van der Waals surface area (Å²) in [7, 11) is 0. The molecule has 2 aliphatic rings. The van der Waals surface area contributed by atoms with Crippen LogP contribution in [0, 0.1) is 5.92 Å². The number of hydrogen-bond donors (Lipinski definition) is 0. The molecular formula is C13H18N2OS. The topological polar surface area (TPSA) is 33.2 Å². The third-order valence-electron chi connectivity index (χ3n) is 3.90. The second kappa shape index (κ2) is 4.77. The van der Waals surface area contributed by atoms with Crippen LogP contribution in [-0.2, 0) is 17.6 Å². The summed E-state index contributed by atoms with van der Waals surface area (Å²) in [4.78, 5) is 20.2. The number of carbonyl (C=O) groups excluding carboxylic acids is 1. The summed E-state index contributed by atoms with van der Waals surface area (Å²) in [6, 6.07) is 0. The average molecular weight is 250 g/mol. The van der Waals surface area contributed by atoms with Crippen LogP contribution in [0.2, 0.25) is 0 Å². The second-order valence-corrected chi connectivity index (χ2v) is 5.99. The summed E-state index contributed by atoms with van der Waals surface area (Å²) in [5.74, 6) is 0.616. The van der Waals surface area contributed by atoms with Crippen molar-refractivity contribution in [1.29, 1.82) is 0 Å². The van der Waals surface area contributed by atoms with Crippen LogP contribution in [0.1, 0.15) is 36.3 Å². The molecule has 92 valence electrons. The standard InChI is InChI=1S/C13H18N2OS/c16-13(15-6-2-1-3-7-15)10-4-5-11-12(8-10)17-9-14-11/h9-10H,1-8H2. The lowest BCUT2D eigenvalue weighted by Gasteiger charge is -2.31. The Hall–Kier alpha value is -0.900. The lowest BCUT2D eigenvalue weighted by molar-refractivity contribution is -0.136. The predicted molar refractivity (Wildman–Crippen MR) is 68.1 cm³/mol. The molecule has 0 bridgehead atoms. The SMILES string of the molecule is O=C(C1CCc2ncsc2C1)N1CCCCC1. The summed E-state index contributed by atoms with van der Waals surface area (Å²) < 4.78 is 0. The average Bonchev–Trinajstić information content (AvgIpc) is 2.86. The van der Waals surface area contributed by atoms with Gasteiger partial charge in [-0.2, -0.15) is 0 Å². The van der Waals surface area contributed by atoms with Gasteiger partial charge in [0.25, 0.3) is 0 Å². The van der Waals surface area contributed by atoms with E-state index in [1.54, 1.807) is 11.3 Å². The zero-order valence-corrected chi connectivity index (χ0v) is 10.8. The van der Waals surface area contributed by atoms with Crippen LogP contribution in [0.25, 0.3) is 0 Å². The van der Waals surface area contributed by atoms with Gasteiger partial charge >= 0.3 is 0 Å². The third kappa shape index (κ3) is 2.23. The van der Waals surface area contributed by atoms with Crippen molar-refractivity contribution in [3.05, 3.63) is 16.1 Å². The highest BCUT2D eigenvalue weighted by Gasteiger charge is 2.29. The van der Waals surface area contributed by atoms with E-state index < -0.39 is 0 Å². The van der Waals surface area contributed by atoms with E-state index in [0.717, 1.165) is 32.4 Å². The van der Waals surface area contributed by atoms with E-state index in [1.807, 2.05) is 5.51 Å². The minimum absolute atomic E-state index is 0.223. The lowest BCUT2D eigenvalue weighted by Crippen LogP contribution is -2.41. The second-order valence-electron chi connectivity index (χ2n) is 5.05. The fourth-order valence-electron chi connectivity index (χ4n) is 2.88.